The first-order valence-electron chi connectivity index (χ1n) is 7.48. The van der Waals surface area contributed by atoms with Crippen LogP contribution in [-0.4, -0.2) is 55.8 Å². The Bertz CT molecular complexity index is 218. The number of hydrogen-bond acceptors (Lipinski definition) is 4. The van der Waals surface area contributed by atoms with E-state index in [-0.39, 0.29) is 6.61 Å². The number of rotatable bonds is 12. The summed E-state index contributed by atoms with van der Waals surface area (Å²) in [5.41, 5.74) is 0. The van der Waals surface area contributed by atoms with Gasteiger partial charge in [0.1, 0.15) is 6.67 Å². The summed E-state index contributed by atoms with van der Waals surface area (Å²) in [7, 11) is -6.20. The van der Waals surface area contributed by atoms with Gasteiger partial charge in [0, 0.05) is 12.7 Å². The highest BCUT2D eigenvalue weighted by Crippen LogP contribution is 2.21. The SMILES string of the molecule is C[SiH](C)O[Si](CCCOCCF)(O[SiH](C)C)O[SiH](C)C. The molecule has 0 radical (unpaired) electrons. The zero-order chi connectivity index (χ0) is 15.6. The van der Waals surface area contributed by atoms with E-state index in [2.05, 4.69) is 39.3 Å². The quantitative estimate of drug-likeness (QED) is 0.396. The van der Waals surface area contributed by atoms with Crippen molar-refractivity contribution >= 4 is 35.9 Å². The molecule has 122 valence electrons. The highest BCUT2D eigenvalue weighted by molar-refractivity contribution is 6.79. The fourth-order valence-corrected chi connectivity index (χ4v) is 14.7. The first kappa shape index (κ1) is 20.6. The molecule has 0 saturated carbocycles. The maximum Gasteiger partial charge on any atom is 0.469 e. The molecule has 9 heteroatoms. The third-order valence-electron chi connectivity index (χ3n) is 2.24. The summed E-state index contributed by atoms with van der Waals surface area (Å²) in [6.07, 6.45) is 0.815. The van der Waals surface area contributed by atoms with Crippen molar-refractivity contribution in [1.82, 2.24) is 0 Å². The van der Waals surface area contributed by atoms with Crippen LogP contribution in [0.25, 0.3) is 0 Å². The maximum atomic E-state index is 12.0. The van der Waals surface area contributed by atoms with Gasteiger partial charge in [-0.05, 0) is 45.7 Å². The minimum absolute atomic E-state index is 0.175. The molecule has 0 fully saturated rings. The first-order chi connectivity index (χ1) is 9.31. The molecular formula is C11H31FO4Si4. The van der Waals surface area contributed by atoms with Gasteiger partial charge in [-0.25, -0.2) is 4.39 Å². The molecule has 0 rings (SSSR count). The van der Waals surface area contributed by atoms with Crippen LogP contribution < -0.4 is 0 Å². The van der Waals surface area contributed by atoms with E-state index in [1.165, 1.54) is 0 Å². The fourth-order valence-electron chi connectivity index (χ4n) is 1.88. The van der Waals surface area contributed by atoms with Crippen molar-refractivity contribution in [3.05, 3.63) is 0 Å². The number of hydrogen-bond donors (Lipinski definition) is 0. The molecule has 0 heterocycles. The van der Waals surface area contributed by atoms with Gasteiger partial charge in [-0.3, -0.25) is 0 Å². The zero-order valence-electron chi connectivity index (χ0n) is 13.8. The van der Waals surface area contributed by atoms with Gasteiger partial charge < -0.3 is 17.1 Å². The highest BCUT2D eigenvalue weighted by atomic mass is 28.5. The van der Waals surface area contributed by atoms with Crippen LogP contribution in [0.5, 0.6) is 0 Å². The average Bonchev–Trinajstić information content (AvgIpc) is 2.25. The van der Waals surface area contributed by atoms with E-state index in [9.17, 15) is 4.39 Å². The van der Waals surface area contributed by atoms with Gasteiger partial charge in [-0.15, -0.1) is 0 Å². The second-order valence-electron chi connectivity index (χ2n) is 5.59. The van der Waals surface area contributed by atoms with Crippen LogP contribution in [-0.2, 0) is 17.1 Å². The Labute approximate surface area is 129 Å². The Hall–Kier alpha value is 0.638. The van der Waals surface area contributed by atoms with Crippen molar-refractivity contribution < 1.29 is 21.5 Å². The zero-order valence-corrected chi connectivity index (χ0v) is 18.2. The van der Waals surface area contributed by atoms with Crippen molar-refractivity contribution in [1.29, 1.82) is 0 Å². The highest BCUT2D eigenvalue weighted by Gasteiger charge is 2.42. The topological polar surface area (TPSA) is 36.9 Å². The molecule has 0 unspecified atom stereocenters. The summed E-state index contributed by atoms with van der Waals surface area (Å²) in [6, 6.07) is 0.792. The predicted octanol–water partition coefficient (Wildman–Crippen LogP) is 2.30. The molecule has 0 aromatic heterocycles. The molecular weight excluding hydrogens is 327 g/mol. The number of ether oxygens (including phenoxy) is 1. The molecule has 0 aliphatic heterocycles. The number of alkyl halides is 1. The Kier molecular flexibility index (Phi) is 11.6. The molecule has 4 nitrogen and oxygen atoms in total. The summed E-state index contributed by atoms with van der Waals surface area (Å²) >= 11 is 0. The molecule has 0 amide bonds. The van der Waals surface area contributed by atoms with E-state index in [1.54, 1.807) is 0 Å². The first-order valence-corrected chi connectivity index (χ1v) is 17.8. The van der Waals surface area contributed by atoms with E-state index >= 15 is 0 Å². The Morgan fingerprint density at radius 2 is 1.25 bits per heavy atom. The van der Waals surface area contributed by atoms with Crippen molar-refractivity contribution in [3.8, 4) is 0 Å². The van der Waals surface area contributed by atoms with Crippen molar-refractivity contribution in [3.63, 3.8) is 0 Å². The van der Waals surface area contributed by atoms with Crippen LogP contribution in [0.2, 0.25) is 45.3 Å². The maximum absolute atomic E-state index is 12.0. The average molecular weight is 359 g/mol. The summed E-state index contributed by atoms with van der Waals surface area (Å²) in [4.78, 5) is 0. The van der Waals surface area contributed by atoms with Gasteiger partial charge in [0.05, 0.1) is 6.61 Å². The molecule has 0 N–H and O–H groups in total. The second kappa shape index (κ2) is 11.2. The van der Waals surface area contributed by atoms with Gasteiger partial charge in [0.15, 0.2) is 27.1 Å². The van der Waals surface area contributed by atoms with Gasteiger partial charge >= 0.3 is 8.80 Å². The second-order valence-corrected chi connectivity index (χ2v) is 16.6. The summed E-state index contributed by atoms with van der Waals surface area (Å²) in [5, 5.41) is 0. The lowest BCUT2D eigenvalue weighted by atomic mass is 10.5. The normalized spacial score (nSPS) is 12.9. The summed E-state index contributed by atoms with van der Waals surface area (Å²) in [6.45, 7) is 13.2. The molecule has 0 aromatic carbocycles. The van der Waals surface area contributed by atoms with Gasteiger partial charge in [-0.1, -0.05) is 0 Å². The van der Waals surface area contributed by atoms with Crippen LogP contribution in [0.15, 0.2) is 0 Å². The lowest BCUT2D eigenvalue weighted by Crippen LogP contribution is -2.53. The van der Waals surface area contributed by atoms with Crippen molar-refractivity contribution in [2.45, 2.75) is 51.7 Å². The molecule has 20 heavy (non-hydrogen) atoms. The minimum atomic E-state index is -2.53. The Morgan fingerprint density at radius 3 is 1.60 bits per heavy atom. The monoisotopic (exact) mass is 358 g/mol. The minimum Gasteiger partial charge on any atom is -0.420 e. The fraction of sp³-hybridized carbons (Fsp3) is 1.00. The van der Waals surface area contributed by atoms with Crippen LogP contribution in [0.1, 0.15) is 6.42 Å². The molecule has 0 aliphatic carbocycles. The number of halogens is 1. The molecule has 0 saturated heterocycles. The van der Waals surface area contributed by atoms with E-state index in [0.717, 1.165) is 12.5 Å². The largest absolute Gasteiger partial charge is 0.469 e. The lowest BCUT2D eigenvalue weighted by Gasteiger charge is -2.35. The Morgan fingerprint density at radius 1 is 0.800 bits per heavy atom. The van der Waals surface area contributed by atoms with E-state index in [4.69, 9.17) is 17.1 Å². The third kappa shape index (κ3) is 10.4. The molecule has 0 aromatic rings. The van der Waals surface area contributed by atoms with Gasteiger partial charge in [-0.2, -0.15) is 0 Å². The van der Waals surface area contributed by atoms with Crippen molar-refractivity contribution in [2.24, 2.45) is 0 Å². The Balaban J connectivity index is 4.60. The van der Waals surface area contributed by atoms with Crippen LogP contribution in [0, 0.1) is 0 Å². The molecule has 0 aliphatic rings. The molecule has 0 bridgehead atoms. The van der Waals surface area contributed by atoms with Gasteiger partial charge in [0.2, 0.25) is 0 Å². The van der Waals surface area contributed by atoms with Crippen molar-refractivity contribution in [2.75, 3.05) is 19.9 Å². The standard InChI is InChI=1S/C11H31FO4Si4/c1-17(2)14-20(15-18(3)4,16-19(5)6)11-7-9-13-10-8-12/h17-19H,7-11H2,1-6H3. The molecule has 0 spiro atoms. The van der Waals surface area contributed by atoms with Crippen LogP contribution in [0.3, 0.4) is 0 Å². The lowest BCUT2D eigenvalue weighted by molar-refractivity contribution is 0.117. The van der Waals surface area contributed by atoms with E-state index in [0.29, 0.717) is 6.61 Å². The third-order valence-corrected chi connectivity index (χ3v) is 13.2. The molecule has 0 atom stereocenters. The summed E-state index contributed by atoms with van der Waals surface area (Å²) in [5.74, 6) is 0. The van der Waals surface area contributed by atoms with Gasteiger partial charge in [0.25, 0.3) is 0 Å². The van der Waals surface area contributed by atoms with E-state index in [1.807, 2.05) is 0 Å². The summed E-state index contributed by atoms with van der Waals surface area (Å²) < 4.78 is 35.9. The smallest absolute Gasteiger partial charge is 0.420 e. The van der Waals surface area contributed by atoms with Crippen LogP contribution >= 0.6 is 0 Å². The van der Waals surface area contributed by atoms with E-state index < -0.39 is 42.6 Å². The predicted molar refractivity (Wildman–Crippen MR) is 91.9 cm³/mol. The van der Waals surface area contributed by atoms with Crippen LogP contribution in [0.4, 0.5) is 4.39 Å².